The Hall–Kier alpha value is -1.44. The monoisotopic (exact) mass is 366 g/mol. The Morgan fingerprint density at radius 3 is 2.31 bits per heavy atom. The van der Waals surface area contributed by atoms with Crippen molar-refractivity contribution in [3.8, 4) is 0 Å². The molecule has 1 aromatic rings. The number of amides is 1. The molecule has 0 saturated carbocycles. The van der Waals surface area contributed by atoms with Crippen molar-refractivity contribution in [2.45, 2.75) is 52.7 Å². The minimum atomic E-state index is -0.664. The lowest BCUT2D eigenvalue weighted by Crippen LogP contribution is -2.50. The highest BCUT2D eigenvalue weighted by molar-refractivity contribution is 5.91. The number of hydrogen-bond acceptors (Lipinski definition) is 6. The maximum atomic E-state index is 12.6. The summed E-state index contributed by atoms with van der Waals surface area (Å²) >= 11 is 0. The van der Waals surface area contributed by atoms with E-state index in [9.17, 15) is 9.90 Å². The van der Waals surface area contributed by atoms with Crippen LogP contribution in [0.1, 0.15) is 56.9 Å². The van der Waals surface area contributed by atoms with Gasteiger partial charge in [-0.15, -0.1) is 0 Å². The molecule has 148 valence electrons. The second-order valence-corrected chi connectivity index (χ2v) is 7.78. The molecule has 1 aliphatic heterocycles. The SMILES string of the molecule is CCCN(CCC)C(=O)c1coc(CN2CCN(CC(C)(C)O)CC2)n1. The van der Waals surface area contributed by atoms with E-state index in [4.69, 9.17) is 4.42 Å². The van der Waals surface area contributed by atoms with Gasteiger partial charge in [0.2, 0.25) is 5.89 Å². The molecular weight excluding hydrogens is 332 g/mol. The fourth-order valence-electron chi connectivity index (χ4n) is 3.34. The molecule has 1 aromatic heterocycles. The fraction of sp³-hybridized carbons (Fsp3) is 0.789. The second-order valence-electron chi connectivity index (χ2n) is 7.78. The van der Waals surface area contributed by atoms with Crippen molar-refractivity contribution in [2.75, 3.05) is 45.8 Å². The highest BCUT2D eigenvalue weighted by Gasteiger charge is 2.24. The van der Waals surface area contributed by atoms with E-state index in [1.165, 1.54) is 6.26 Å². The third-order valence-corrected chi connectivity index (χ3v) is 4.48. The first-order chi connectivity index (χ1) is 12.3. The summed E-state index contributed by atoms with van der Waals surface area (Å²) in [6, 6.07) is 0. The normalized spacial score (nSPS) is 16.8. The van der Waals surface area contributed by atoms with Crippen LogP contribution < -0.4 is 0 Å². The standard InChI is InChI=1S/C19H34N4O3/c1-5-7-23(8-6-2)18(24)16-14-26-17(20-16)13-21-9-11-22(12-10-21)15-19(3,4)25/h14,25H,5-13,15H2,1-4H3. The van der Waals surface area contributed by atoms with Crippen molar-refractivity contribution in [1.29, 1.82) is 0 Å². The van der Waals surface area contributed by atoms with Gasteiger partial charge in [-0.2, -0.15) is 0 Å². The molecule has 7 heteroatoms. The minimum Gasteiger partial charge on any atom is -0.447 e. The average Bonchev–Trinajstić information content (AvgIpc) is 3.03. The molecule has 0 atom stereocenters. The van der Waals surface area contributed by atoms with Gasteiger partial charge in [0.15, 0.2) is 5.69 Å². The molecule has 0 aliphatic carbocycles. The van der Waals surface area contributed by atoms with E-state index >= 15 is 0 Å². The topological polar surface area (TPSA) is 73.1 Å². The van der Waals surface area contributed by atoms with Crippen molar-refractivity contribution in [1.82, 2.24) is 19.7 Å². The number of piperazine rings is 1. The van der Waals surface area contributed by atoms with E-state index in [1.54, 1.807) is 0 Å². The Balaban J connectivity index is 1.86. The van der Waals surface area contributed by atoms with Crippen LogP contribution in [0.15, 0.2) is 10.7 Å². The summed E-state index contributed by atoms with van der Waals surface area (Å²) in [5, 5.41) is 9.93. The molecule has 1 fully saturated rings. The molecule has 1 aliphatic rings. The number of aromatic nitrogens is 1. The number of oxazole rings is 1. The van der Waals surface area contributed by atoms with Crippen molar-refractivity contribution in [3.05, 3.63) is 17.8 Å². The van der Waals surface area contributed by atoms with Crippen molar-refractivity contribution in [2.24, 2.45) is 0 Å². The van der Waals surface area contributed by atoms with Gasteiger partial charge in [-0.25, -0.2) is 4.98 Å². The zero-order chi connectivity index (χ0) is 19.2. The summed E-state index contributed by atoms with van der Waals surface area (Å²) in [5.41, 5.74) is -0.259. The van der Waals surface area contributed by atoms with Gasteiger partial charge in [0.1, 0.15) is 6.26 Å². The molecule has 0 aromatic carbocycles. The molecule has 2 heterocycles. The summed E-state index contributed by atoms with van der Waals surface area (Å²) in [7, 11) is 0. The third-order valence-electron chi connectivity index (χ3n) is 4.48. The number of hydrogen-bond donors (Lipinski definition) is 1. The number of aliphatic hydroxyl groups is 1. The summed E-state index contributed by atoms with van der Waals surface area (Å²) in [6.07, 6.45) is 3.36. The number of rotatable bonds is 9. The molecule has 26 heavy (non-hydrogen) atoms. The summed E-state index contributed by atoms with van der Waals surface area (Å²) in [6.45, 7) is 14.2. The molecular formula is C19H34N4O3. The lowest BCUT2D eigenvalue weighted by Gasteiger charge is -2.36. The van der Waals surface area contributed by atoms with E-state index in [0.717, 1.165) is 52.1 Å². The quantitative estimate of drug-likeness (QED) is 0.719. The van der Waals surface area contributed by atoms with Gasteiger partial charge in [0.05, 0.1) is 12.1 Å². The van der Waals surface area contributed by atoms with Gasteiger partial charge in [-0.1, -0.05) is 13.8 Å². The van der Waals surface area contributed by atoms with E-state index < -0.39 is 5.60 Å². The van der Waals surface area contributed by atoms with Gasteiger partial charge >= 0.3 is 0 Å². The van der Waals surface area contributed by atoms with E-state index in [2.05, 4.69) is 28.6 Å². The summed E-state index contributed by atoms with van der Waals surface area (Å²) in [5.74, 6) is 0.552. The molecule has 1 saturated heterocycles. The van der Waals surface area contributed by atoms with Crippen LogP contribution in [0.5, 0.6) is 0 Å². The van der Waals surface area contributed by atoms with Gasteiger partial charge in [0, 0.05) is 45.8 Å². The Bertz CT molecular complexity index is 553. The highest BCUT2D eigenvalue weighted by atomic mass is 16.3. The number of β-amino-alcohol motifs (C(OH)–C–C–N with tert-alkyl or cyclic N) is 1. The zero-order valence-electron chi connectivity index (χ0n) is 16.7. The molecule has 1 N–H and O–H groups in total. The largest absolute Gasteiger partial charge is 0.447 e. The predicted octanol–water partition coefficient (Wildman–Crippen LogP) is 1.83. The maximum absolute atomic E-state index is 12.6. The first-order valence-electron chi connectivity index (χ1n) is 9.73. The van der Waals surface area contributed by atoms with Gasteiger partial charge in [-0.05, 0) is 26.7 Å². The first-order valence-corrected chi connectivity index (χ1v) is 9.73. The van der Waals surface area contributed by atoms with Crippen LogP contribution in [0, 0.1) is 0 Å². The van der Waals surface area contributed by atoms with Crippen LogP contribution >= 0.6 is 0 Å². The van der Waals surface area contributed by atoms with Crippen LogP contribution in [0.4, 0.5) is 0 Å². The van der Waals surface area contributed by atoms with Crippen molar-refractivity contribution in [3.63, 3.8) is 0 Å². The maximum Gasteiger partial charge on any atom is 0.275 e. The van der Waals surface area contributed by atoms with Gasteiger partial charge in [0.25, 0.3) is 5.91 Å². The molecule has 2 rings (SSSR count). The van der Waals surface area contributed by atoms with Crippen LogP contribution in [0.25, 0.3) is 0 Å². The summed E-state index contributed by atoms with van der Waals surface area (Å²) in [4.78, 5) is 23.4. The predicted molar refractivity (Wildman–Crippen MR) is 101 cm³/mol. The summed E-state index contributed by atoms with van der Waals surface area (Å²) < 4.78 is 5.55. The van der Waals surface area contributed by atoms with Crippen molar-refractivity contribution >= 4 is 5.91 Å². The smallest absolute Gasteiger partial charge is 0.275 e. The lowest BCUT2D eigenvalue weighted by atomic mass is 10.1. The van der Waals surface area contributed by atoms with Crippen LogP contribution in [0.3, 0.4) is 0 Å². The van der Waals surface area contributed by atoms with E-state index in [0.29, 0.717) is 24.7 Å². The van der Waals surface area contributed by atoms with E-state index in [1.807, 2.05) is 18.7 Å². The Kier molecular flexibility index (Phi) is 7.61. The average molecular weight is 367 g/mol. The van der Waals surface area contributed by atoms with Crippen LogP contribution in [0.2, 0.25) is 0 Å². The first kappa shape index (κ1) is 20.9. The molecule has 0 radical (unpaired) electrons. The highest BCUT2D eigenvalue weighted by Crippen LogP contribution is 2.13. The van der Waals surface area contributed by atoms with Gasteiger partial charge < -0.3 is 14.4 Å². The minimum absolute atomic E-state index is 0.0429. The Labute approximate surface area is 157 Å². The third kappa shape index (κ3) is 6.37. The fourth-order valence-corrected chi connectivity index (χ4v) is 3.34. The lowest BCUT2D eigenvalue weighted by molar-refractivity contribution is 0.0156. The molecule has 7 nitrogen and oxygen atoms in total. The number of carbonyl (C=O) groups is 1. The molecule has 0 spiro atoms. The number of nitrogens with zero attached hydrogens (tertiary/aromatic N) is 4. The van der Waals surface area contributed by atoms with E-state index in [-0.39, 0.29) is 5.91 Å². The van der Waals surface area contributed by atoms with Crippen LogP contribution in [-0.2, 0) is 6.54 Å². The molecule has 1 amide bonds. The Morgan fingerprint density at radius 1 is 1.19 bits per heavy atom. The zero-order valence-corrected chi connectivity index (χ0v) is 16.7. The Morgan fingerprint density at radius 2 is 1.77 bits per heavy atom. The molecule has 0 unspecified atom stereocenters. The molecule has 0 bridgehead atoms. The van der Waals surface area contributed by atoms with Crippen molar-refractivity contribution < 1.29 is 14.3 Å². The van der Waals surface area contributed by atoms with Gasteiger partial charge in [-0.3, -0.25) is 14.6 Å². The van der Waals surface area contributed by atoms with Crippen LogP contribution in [-0.4, -0.2) is 82.1 Å². The number of carbonyl (C=O) groups excluding carboxylic acids is 1. The second kappa shape index (κ2) is 9.48.